The number of hydrogen-bond donors (Lipinski definition) is 1. The lowest BCUT2D eigenvalue weighted by atomic mass is 10.1. The molecule has 2 heterocycles. The second-order valence-corrected chi connectivity index (χ2v) is 7.33. The molecule has 1 unspecified atom stereocenters. The molecule has 1 amide bonds. The summed E-state index contributed by atoms with van der Waals surface area (Å²) < 4.78 is 11.2. The van der Waals surface area contributed by atoms with Gasteiger partial charge in [-0.25, -0.2) is 4.98 Å². The van der Waals surface area contributed by atoms with Gasteiger partial charge in [0.25, 0.3) is 5.91 Å². The first-order valence-corrected chi connectivity index (χ1v) is 9.67. The number of amides is 1. The van der Waals surface area contributed by atoms with Gasteiger partial charge in [-0.2, -0.15) is 0 Å². The van der Waals surface area contributed by atoms with Crippen LogP contribution in [0.25, 0.3) is 11.0 Å². The lowest BCUT2D eigenvalue weighted by Gasteiger charge is -2.24. The summed E-state index contributed by atoms with van der Waals surface area (Å²) in [6.07, 6.45) is 1.89. The van der Waals surface area contributed by atoms with E-state index in [2.05, 4.69) is 4.98 Å². The van der Waals surface area contributed by atoms with Crippen molar-refractivity contribution in [3.63, 3.8) is 0 Å². The minimum atomic E-state index is -0.0440. The number of carbonyl (C=O) groups excluding carboxylic acids is 1. The number of carbonyl (C=O) groups is 1. The number of benzene rings is 2. The lowest BCUT2D eigenvalue weighted by Crippen LogP contribution is -2.31. The molecule has 3 aromatic rings. The van der Waals surface area contributed by atoms with Gasteiger partial charge in [-0.3, -0.25) is 4.79 Å². The molecule has 0 aliphatic carbocycles. The summed E-state index contributed by atoms with van der Waals surface area (Å²) in [4.78, 5) is 23.2. The second kappa shape index (κ2) is 7.54. The predicted octanol–water partition coefficient (Wildman–Crippen LogP) is 4.34. The maximum atomic E-state index is 13.2. The molecule has 4 rings (SSSR count). The van der Waals surface area contributed by atoms with Crippen molar-refractivity contribution in [2.45, 2.75) is 38.8 Å². The van der Waals surface area contributed by atoms with Crippen LogP contribution in [-0.2, 0) is 0 Å². The Morgan fingerprint density at radius 3 is 2.79 bits per heavy atom. The maximum Gasteiger partial charge on any atom is 0.254 e. The fraction of sp³-hybridized carbons (Fsp3) is 0.364. The van der Waals surface area contributed by atoms with E-state index in [1.807, 2.05) is 43.0 Å². The molecule has 0 bridgehead atoms. The summed E-state index contributed by atoms with van der Waals surface area (Å²) in [5, 5.41) is 0. The molecule has 1 N–H and O–H groups in total. The van der Waals surface area contributed by atoms with Crippen molar-refractivity contribution in [3.8, 4) is 11.5 Å². The Bertz CT molecular complexity index is 963. The number of aromatic amines is 1. The van der Waals surface area contributed by atoms with Crippen molar-refractivity contribution < 1.29 is 14.3 Å². The SMILES string of the molecule is COc1cc(C(=O)N2CCCC2c2nc3ccccc3[nH]2)ccc1OC(C)C. The third-order valence-electron chi connectivity index (χ3n) is 5.01. The third kappa shape index (κ3) is 3.42. The molecule has 0 radical (unpaired) electrons. The van der Waals surface area contributed by atoms with Gasteiger partial charge in [0.1, 0.15) is 5.82 Å². The largest absolute Gasteiger partial charge is 0.493 e. The number of fused-ring (bicyclic) bond motifs is 1. The number of imidazole rings is 1. The summed E-state index contributed by atoms with van der Waals surface area (Å²) in [5.41, 5.74) is 2.51. The van der Waals surface area contributed by atoms with Crippen LogP contribution < -0.4 is 9.47 Å². The highest BCUT2D eigenvalue weighted by molar-refractivity contribution is 5.95. The van der Waals surface area contributed by atoms with Crippen LogP contribution in [0, 0.1) is 0 Å². The van der Waals surface area contributed by atoms with Crippen LogP contribution >= 0.6 is 0 Å². The molecule has 1 aliphatic rings. The monoisotopic (exact) mass is 379 g/mol. The number of nitrogens with zero attached hydrogens (tertiary/aromatic N) is 2. The Kier molecular flexibility index (Phi) is 4.94. The van der Waals surface area contributed by atoms with Crippen LogP contribution in [0.2, 0.25) is 0 Å². The van der Waals surface area contributed by atoms with Gasteiger partial charge >= 0.3 is 0 Å². The maximum absolute atomic E-state index is 13.2. The number of nitrogens with one attached hydrogen (secondary N) is 1. The Hall–Kier alpha value is -3.02. The molecular formula is C22H25N3O3. The molecule has 0 spiro atoms. The first-order chi connectivity index (χ1) is 13.6. The molecule has 1 atom stereocenters. The molecule has 1 saturated heterocycles. The van der Waals surface area contributed by atoms with Gasteiger partial charge in [-0.1, -0.05) is 12.1 Å². The summed E-state index contributed by atoms with van der Waals surface area (Å²) in [6.45, 7) is 4.63. The molecule has 1 aromatic heterocycles. The van der Waals surface area contributed by atoms with Crippen LogP contribution in [0.3, 0.4) is 0 Å². The Labute approximate surface area is 164 Å². The lowest BCUT2D eigenvalue weighted by molar-refractivity contribution is 0.0730. The highest BCUT2D eigenvalue weighted by Crippen LogP contribution is 2.35. The third-order valence-corrected chi connectivity index (χ3v) is 5.01. The van der Waals surface area contributed by atoms with Crippen molar-refractivity contribution >= 4 is 16.9 Å². The van der Waals surface area contributed by atoms with E-state index in [1.54, 1.807) is 25.3 Å². The molecule has 146 valence electrons. The van der Waals surface area contributed by atoms with Crippen molar-refractivity contribution in [1.82, 2.24) is 14.9 Å². The van der Waals surface area contributed by atoms with E-state index >= 15 is 0 Å². The quantitative estimate of drug-likeness (QED) is 0.716. The van der Waals surface area contributed by atoms with Gasteiger partial charge in [0.15, 0.2) is 11.5 Å². The van der Waals surface area contributed by atoms with E-state index in [0.29, 0.717) is 23.6 Å². The number of aromatic nitrogens is 2. The Morgan fingerprint density at radius 1 is 1.21 bits per heavy atom. The molecule has 2 aromatic carbocycles. The van der Waals surface area contributed by atoms with E-state index in [-0.39, 0.29) is 18.1 Å². The predicted molar refractivity (Wildman–Crippen MR) is 108 cm³/mol. The average Bonchev–Trinajstić information content (AvgIpc) is 3.33. The van der Waals surface area contributed by atoms with E-state index in [0.717, 1.165) is 29.7 Å². The van der Waals surface area contributed by atoms with Gasteiger partial charge < -0.3 is 19.4 Å². The highest BCUT2D eigenvalue weighted by atomic mass is 16.5. The number of methoxy groups -OCH3 is 1. The minimum Gasteiger partial charge on any atom is -0.493 e. The van der Waals surface area contributed by atoms with E-state index in [4.69, 9.17) is 14.5 Å². The van der Waals surface area contributed by atoms with E-state index in [1.165, 1.54) is 0 Å². The number of likely N-dealkylation sites (tertiary alicyclic amines) is 1. The van der Waals surface area contributed by atoms with Gasteiger partial charge in [0.05, 0.1) is 30.3 Å². The molecule has 28 heavy (non-hydrogen) atoms. The van der Waals surface area contributed by atoms with Crippen molar-refractivity contribution in [1.29, 1.82) is 0 Å². The Morgan fingerprint density at radius 2 is 2.04 bits per heavy atom. The normalized spacial score (nSPS) is 16.7. The van der Waals surface area contributed by atoms with Crippen LogP contribution in [0.15, 0.2) is 42.5 Å². The zero-order chi connectivity index (χ0) is 19.7. The second-order valence-electron chi connectivity index (χ2n) is 7.33. The minimum absolute atomic E-state index is 0.0163. The standard InChI is InChI=1S/C22H25N3O3/c1-14(2)28-19-11-10-15(13-20(19)27-3)22(26)25-12-6-9-18(25)21-23-16-7-4-5-8-17(16)24-21/h4-5,7-8,10-11,13-14,18H,6,9,12H2,1-3H3,(H,23,24). The summed E-state index contributed by atoms with van der Waals surface area (Å²) in [6, 6.07) is 13.3. The van der Waals surface area contributed by atoms with Gasteiger partial charge in [-0.05, 0) is 57.0 Å². The molecule has 0 saturated carbocycles. The fourth-order valence-electron chi connectivity index (χ4n) is 3.74. The van der Waals surface area contributed by atoms with Crippen LogP contribution in [0.4, 0.5) is 0 Å². The zero-order valence-corrected chi connectivity index (χ0v) is 16.4. The van der Waals surface area contributed by atoms with Crippen LogP contribution in [0.1, 0.15) is 48.9 Å². The molecule has 6 heteroatoms. The van der Waals surface area contributed by atoms with Gasteiger partial charge in [-0.15, -0.1) is 0 Å². The summed E-state index contributed by atoms with van der Waals surface area (Å²) in [5.74, 6) is 2.04. The number of para-hydroxylation sites is 2. The fourth-order valence-corrected chi connectivity index (χ4v) is 3.74. The van der Waals surface area contributed by atoms with Crippen LogP contribution in [-0.4, -0.2) is 40.5 Å². The molecule has 1 aliphatic heterocycles. The van der Waals surface area contributed by atoms with Gasteiger partial charge in [0.2, 0.25) is 0 Å². The molecule has 6 nitrogen and oxygen atoms in total. The Balaban J connectivity index is 1.61. The first kappa shape index (κ1) is 18.3. The highest BCUT2D eigenvalue weighted by Gasteiger charge is 2.33. The summed E-state index contributed by atoms with van der Waals surface area (Å²) >= 11 is 0. The first-order valence-electron chi connectivity index (χ1n) is 9.67. The van der Waals surface area contributed by atoms with Crippen molar-refractivity contribution in [2.75, 3.05) is 13.7 Å². The summed E-state index contributed by atoms with van der Waals surface area (Å²) in [7, 11) is 1.59. The smallest absolute Gasteiger partial charge is 0.254 e. The van der Waals surface area contributed by atoms with E-state index in [9.17, 15) is 4.79 Å². The number of rotatable bonds is 5. The number of hydrogen-bond acceptors (Lipinski definition) is 4. The zero-order valence-electron chi connectivity index (χ0n) is 16.4. The van der Waals surface area contributed by atoms with E-state index < -0.39 is 0 Å². The number of H-pyrrole nitrogens is 1. The molecular weight excluding hydrogens is 354 g/mol. The number of ether oxygens (including phenoxy) is 2. The van der Waals surface area contributed by atoms with Crippen LogP contribution in [0.5, 0.6) is 11.5 Å². The topological polar surface area (TPSA) is 67.5 Å². The van der Waals surface area contributed by atoms with Crippen molar-refractivity contribution in [2.24, 2.45) is 0 Å². The van der Waals surface area contributed by atoms with Crippen molar-refractivity contribution in [3.05, 3.63) is 53.9 Å². The molecule has 1 fully saturated rings. The van der Waals surface area contributed by atoms with Gasteiger partial charge in [0, 0.05) is 12.1 Å². The average molecular weight is 379 g/mol.